The van der Waals surface area contributed by atoms with Crippen LogP contribution in [0.1, 0.15) is 0 Å². The van der Waals surface area contributed by atoms with Gasteiger partial charge in [-0.15, -0.1) is 0 Å². The summed E-state index contributed by atoms with van der Waals surface area (Å²) in [6.07, 6.45) is 0. The van der Waals surface area contributed by atoms with E-state index in [4.69, 9.17) is 5.11 Å². The topological polar surface area (TPSA) is 61.4 Å². The monoisotopic (exact) mass is 244 g/mol. The number of anilines is 1. The standard InChI is InChI=1S/C14H16N2O2/c17-9-8-15-10-14(18)16-13-7-3-5-11-4-1-2-6-12(11)13/h1-7,15,17H,8-10H2,(H,16,18). The minimum atomic E-state index is -0.111. The Bertz CT molecular complexity index is 535. The number of aliphatic hydroxyl groups is 1. The van der Waals surface area contributed by atoms with Gasteiger partial charge in [0.1, 0.15) is 0 Å². The Balaban J connectivity index is 2.09. The van der Waals surface area contributed by atoms with E-state index >= 15 is 0 Å². The van der Waals surface area contributed by atoms with Crippen molar-refractivity contribution in [3.8, 4) is 0 Å². The number of hydrogen-bond acceptors (Lipinski definition) is 3. The lowest BCUT2D eigenvalue weighted by atomic mass is 10.1. The van der Waals surface area contributed by atoms with Gasteiger partial charge in [0.2, 0.25) is 5.91 Å². The Hall–Kier alpha value is -1.91. The highest BCUT2D eigenvalue weighted by molar-refractivity contribution is 6.02. The number of fused-ring (bicyclic) bond motifs is 1. The summed E-state index contributed by atoms with van der Waals surface area (Å²) < 4.78 is 0. The molecule has 0 aliphatic heterocycles. The van der Waals surface area contributed by atoms with E-state index in [9.17, 15) is 4.79 Å². The zero-order valence-corrected chi connectivity index (χ0v) is 10.0. The fraction of sp³-hybridized carbons (Fsp3) is 0.214. The number of aliphatic hydroxyl groups excluding tert-OH is 1. The maximum absolute atomic E-state index is 11.7. The van der Waals surface area contributed by atoms with E-state index in [2.05, 4.69) is 10.6 Å². The minimum absolute atomic E-state index is 0.0293. The molecule has 0 atom stereocenters. The summed E-state index contributed by atoms with van der Waals surface area (Å²) in [7, 11) is 0. The minimum Gasteiger partial charge on any atom is -0.395 e. The highest BCUT2D eigenvalue weighted by atomic mass is 16.3. The van der Waals surface area contributed by atoms with Crippen molar-refractivity contribution < 1.29 is 9.90 Å². The van der Waals surface area contributed by atoms with Crippen LogP contribution in [-0.4, -0.2) is 30.7 Å². The van der Waals surface area contributed by atoms with Crippen LogP contribution in [-0.2, 0) is 4.79 Å². The summed E-state index contributed by atoms with van der Waals surface area (Å²) in [6.45, 7) is 0.647. The number of nitrogens with one attached hydrogen (secondary N) is 2. The number of carbonyl (C=O) groups excluding carboxylic acids is 1. The van der Waals surface area contributed by atoms with Crippen LogP contribution in [0.25, 0.3) is 10.8 Å². The largest absolute Gasteiger partial charge is 0.395 e. The molecule has 18 heavy (non-hydrogen) atoms. The van der Waals surface area contributed by atoms with Gasteiger partial charge in [-0.2, -0.15) is 0 Å². The van der Waals surface area contributed by atoms with Crippen molar-refractivity contribution in [1.29, 1.82) is 0 Å². The first kappa shape index (κ1) is 12.5. The zero-order valence-electron chi connectivity index (χ0n) is 10.0. The van der Waals surface area contributed by atoms with Crippen molar-refractivity contribution in [1.82, 2.24) is 5.32 Å². The smallest absolute Gasteiger partial charge is 0.238 e. The lowest BCUT2D eigenvalue weighted by molar-refractivity contribution is -0.115. The fourth-order valence-corrected chi connectivity index (χ4v) is 1.81. The SMILES string of the molecule is O=C(CNCCO)Nc1cccc2ccccc12. The number of hydrogen-bond donors (Lipinski definition) is 3. The van der Waals surface area contributed by atoms with Gasteiger partial charge < -0.3 is 15.7 Å². The van der Waals surface area contributed by atoms with Crippen molar-refractivity contribution in [3.63, 3.8) is 0 Å². The molecule has 3 N–H and O–H groups in total. The first-order chi connectivity index (χ1) is 8.81. The number of amides is 1. The van der Waals surface area contributed by atoms with E-state index < -0.39 is 0 Å². The van der Waals surface area contributed by atoms with Crippen LogP contribution in [0.5, 0.6) is 0 Å². The molecule has 1 amide bonds. The summed E-state index contributed by atoms with van der Waals surface area (Å²) in [5, 5.41) is 16.4. The molecule has 0 radical (unpaired) electrons. The molecular formula is C14H16N2O2. The molecule has 2 rings (SSSR count). The average molecular weight is 244 g/mol. The van der Waals surface area contributed by atoms with E-state index in [-0.39, 0.29) is 19.1 Å². The molecule has 0 bridgehead atoms. The van der Waals surface area contributed by atoms with Crippen LogP contribution in [0, 0.1) is 0 Å². The van der Waals surface area contributed by atoms with Crippen LogP contribution < -0.4 is 10.6 Å². The van der Waals surface area contributed by atoms with E-state index in [0.717, 1.165) is 16.5 Å². The lowest BCUT2D eigenvalue weighted by Crippen LogP contribution is -2.29. The predicted octanol–water partition coefficient (Wildman–Crippen LogP) is 1.36. The highest BCUT2D eigenvalue weighted by Gasteiger charge is 2.04. The van der Waals surface area contributed by atoms with Crippen molar-refractivity contribution in [2.45, 2.75) is 0 Å². The molecule has 0 saturated carbocycles. The van der Waals surface area contributed by atoms with Gasteiger partial charge in [-0.3, -0.25) is 4.79 Å². The fourth-order valence-electron chi connectivity index (χ4n) is 1.81. The lowest BCUT2D eigenvalue weighted by Gasteiger charge is -2.09. The van der Waals surface area contributed by atoms with Crippen LogP contribution in [0.3, 0.4) is 0 Å². The maximum Gasteiger partial charge on any atom is 0.238 e. The molecule has 2 aromatic rings. The second-order valence-corrected chi connectivity index (χ2v) is 3.98. The Kier molecular flexibility index (Phi) is 4.28. The highest BCUT2D eigenvalue weighted by Crippen LogP contribution is 2.22. The Morgan fingerprint density at radius 2 is 1.89 bits per heavy atom. The van der Waals surface area contributed by atoms with Crippen molar-refractivity contribution in [2.75, 3.05) is 25.0 Å². The van der Waals surface area contributed by atoms with Crippen molar-refractivity contribution in [3.05, 3.63) is 42.5 Å². The van der Waals surface area contributed by atoms with Gasteiger partial charge in [-0.25, -0.2) is 0 Å². The van der Waals surface area contributed by atoms with Crippen molar-refractivity contribution >= 4 is 22.4 Å². The molecule has 94 valence electrons. The summed E-state index contributed by atoms with van der Waals surface area (Å²) in [4.78, 5) is 11.7. The summed E-state index contributed by atoms with van der Waals surface area (Å²) >= 11 is 0. The van der Waals surface area contributed by atoms with E-state index in [1.165, 1.54) is 0 Å². The van der Waals surface area contributed by atoms with Gasteiger partial charge in [0.05, 0.1) is 13.2 Å². The van der Waals surface area contributed by atoms with Crippen LogP contribution >= 0.6 is 0 Å². The van der Waals surface area contributed by atoms with Gasteiger partial charge in [0.15, 0.2) is 0 Å². The molecule has 0 aliphatic carbocycles. The van der Waals surface area contributed by atoms with Gasteiger partial charge in [0.25, 0.3) is 0 Å². The molecule has 0 spiro atoms. The Labute approximate surface area is 106 Å². The maximum atomic E-state index is 11.7. The van der Waals surface area contributed by atoms with Crippen LogP contribution in [0.4, 0.5) is 5.69 Å². The van der Waals surface area contributed by atoms with Crippen molar-refractivity contribution in [2.24, 2.45) is 0 Å². The van der Waals surface area contributed by atoms with E-state index in [1.54, 1.807) is 0 Å². The molecule has 0 heterocycles. The quantitative estimate of drug-likeness (QED) is 0.696. The Morgan fingerprint density at radius 1 is 1.11 bits per heavy atom. The number of benzene rings is 2. The molecule has 2 aromatic carbocycles. The van der Waals surface area contributed by atoms with Gasteiger partial charge >= 0.3 is 0 Å². The van der Waals surface area contributed by atoms with Gasteiger partial charge in [0, 0.05) is 17.6 Å². The summed E-state index contributed by atoms with van der Waals surface area (Å²) in [5.74, 6) is -0.111. The molecule has 0 aromatic heterocycles. The van der Waals surface area contributed by atoms with E-state index in [0.29, 0.717) is 6.54 Å². The number of carbonyl (C=O) groups is 1. The molecule has 4 nitrogen and oxygen atoms in total. The molecule has 4 heteroatoms. The average Bonchev–Trinajstić information content (AvgIpc) is 2.39. The molecule has 0 unspecified atom stereocenters. The molecule has 0 aliphatic rings. The molecule has 0 fully saturated rings. The second-order valence-electron chi connectivity index (χ2n) is 3.98. The van der Waals surface area contributed by atoms with Crippen LogP contribution in [0.2, 0.25) is 0 Å². The van der Waals surface area contributed by atoms with Gasteiger partial charge in [-0.05, 0) is 11.5 Å². The first-order valence-corrected chi connectivity index (χ1v) is 5.90. The Morgan fingerprint density at radius 3 is 2.72 bits per heavy atom. The normalized spacial score (nSPS) is 10.5. The zero-order chi connectivity index (χ0) is 12.8. The van der Waals surface area contributed by atoms with Gasteiger partial charge in [-0.1, -0.05) is 36.4 Å². The molecular weight excluding hydrogens is 228 g/mol. The third-order valence-electron chi connectivity index (χ3n) is 2.64. The first-order valence-electron chi connectivity index (χ1n) is 5.90. The third kappa shape index (κ3) is 3.06. The summed E-state index contributed by atoms with van der Waals surface area (Å²) in [6, 6.07) is 13.7. The second kappa shape index (κ2) is 6.14. The van der Waals surface area contributed by atoms with E-state index in [1.807, 2.05) is 42.5 Å². The molecule has 0 saturated heterocycles. The summed E-state index contributed by atoms with van der Waals surface area (Å²) in [5.41, 5.74) is 0.809. The predicted molar refractivity (Wildman–Crippen MR) is 72.5 cm³/mol. The third-order valence-corrected chi connectivity index (χ3v) is 2.64. The van der Waals surface area contributed by atoms with Crippen LogP contribution in [0.15, 0.2) is 42.5 Å². The number of rotatable bonds is 5.